The van der Waals surface area contributed by atoms with Crippen molar-refractivity contribution in [1.29, 1.82) is 0 Å². The van der Waals surface area contributed by atoms with Crippen LogP contribution in [0.1, 0.15) is 49.7 Å². The van der Waals surface area contributed by atoms with Gasteiger partial charge in [-0.05, 0) is 48.2 Å². The number of azide groups is 1. The molecule has 4 rings (SSSR count). The molecule has 2 aromatic rings. The number of hydrazine groups is 1. The first kappa shape index (κ1) is 27.4. The van der Waals surface area contributed by atoms with E-state index in [1.807, 2.05) is 6.07 Å². The Morgan fingerprint density at radius 3 is 2.66 bits per heavy atom. The van der Waals surface area contributed by atoms with Crippen molar-refractivity contribution in [3.8, 4) is 5.75 Å². The Balaban J connectivity index is 1.55. The summed E-state index contributed by atoms with van der Waals surface area (Å²) < 4.78 is 11.5. The monoisotopic (exact) mass is 522 g/mol. The van der Waals surface area contributed by atoms with Gasteiger partial charge in [-0.15, -0.1) is 0 Å². The third-order valence-corrected chi connectivity index (χ3v) is 6.89. The van der Waals surface area contributed by atoms with E-state index >= 15 is 0 Å². The number of nitrogens with one attached hydrogen (secondary N) is 2. The Bertz CT molecular complexity index is 1170. The van der Waals surface area contributed by atoms with Crippen molar-refractivity contribution in [1.82, 2.24) is 10.9 Å². The van der Waals surface area contributed by atoms with Gasteiger partial charge in [-0.1, -0.05) is 48.6 Å². The maximum absolute atomic E-state index is 13.6. The summed E-state index contributed by atoms with van der Waals surface area (Å²) >= 11 is 0. The van der Waals surface area contributed by atoms with Crippen LogP contribution < -0.4 is 15.6 Å². The zero-order valence-electron chi connectivity index (χ0n) is 21.3. The molecule has 0 bridgehead atoms. The van der Waals surface area contributed by atoms with Gasteiger partial charge in [-0.3, -0.25) is 10.2 Å². The summed E-state index contributed by atoms with van der Waals surface area (Å²) in [6.45, 7) is 0.686. The molecule has 0 unspecified atom stereocenters. The van der Waals surface area contributed by atoms with Crippen LogP contribution in [0, 0.1) is 0 Å². The molecule has 1 amide bonds. The van der Waals surface area contributed by atoms with E-state index in [4.69, 9.17) is 25.1 Å². The fourth-order valence-corrected chi connectivity index (χ4v) is 4.74. The summed E-state index contributed by atoms with van der Waals surface area (Å²) in [7, 11) is 0. The topological polar surface area (TPSA) is 161 Å². The van der Waals surface area contributed by atoms with Gasteiger partial charge in [-0.2, -0.15) is 0 Å². The van der Waals surface area contributed by atoms with Gasteiger partial charge in [0, 0.05) is 42.2 Å². The molecule has 11 heteroatoms. The lowest BCUT2D eigenvalue weighted by Crippen LogP contribution is -2.56. The average Bonchev–Trinajstić information content (AvgIpc) is 3.36. The SMILES string of the molecule is [N-]=[N+]=Nc1ccccc1C[C@@]1(C(=O)NNCC2(O)CCCCC2)COC(c2ccc(OCCCO)cc2)=N1. The molecule has 0 saturated heterocycles. The van der Waals surface area contributed by atoms with Crippen molar-refractivity contribution >= 4 is 17.5 Å². The number of hydrogen-bond acceptors (Lipinski definition) is 8. The molecule has 202 valence electrons. The van der Waals surface area contributed by atoms with Crippen LogP contribution in [0.4, 0.5) is 5.69 Å². The van der Waals surface area contributed by atoms with Gasteiger partial charge in [0.1, 0.15) is 12.4 Å². The normalized spacial score (nSPS) is 20.1. The van der Waals surface area contributed by atoms with E-state index in [0.717, 1.165) is 19.3 Å². The number of rotatable bonds is 12. The molecule has 0 radical (unpaired) electrons. The third-order valence-electron chi connectivity index (χ3n) is 6.89. The number of carbonyl (C=O) groups is 1. The number of ether oxygens (including phenoxy) is 2. The second-order valence-corrected chi connectivity index (χ2v) is 9.77. The van der Waals surface area contributed by atoms with Gasteiger partial charge in [0.2, 0.25) is 5.90 Å². The first-order valence-corrected chi connectivity index (χ1v) is 12.9. The van der Waals surface area contributed by atoms with E-state index in [2.05, 4.69) is 20.9 Å². The molecule has 4 N–H and O–H groups in total. The maximum Gasteiger partial charge on any atom is 0.266 e. The molecular weight excluding hydrogens is 488 g/mol. The number of aliphatic hydroxyl groups excluding tert-OH is 1. The Kier molecular flexibility index (Phi) is 9.19. The minimum Gasteiger partial charge on any atom is -0.494 e. The number of amides is 1. The van der Waals surface area contributed by atoms with Crippen molar-refractivity contribution in [2.45, 2.75) is 56.1 Å². The van der Waals surface area contributed by atoms with Gasteiger partial charge in [0.15, 0.2) is 5.54 Å². The minimum atomic E-state index is -1.32. The Labute approximate surface area is 221 Å². The molecule has 1 aliphatic heterocycles. The molecule has 2 aliphatic rings. The van der Waals surface area contributed by atoms with Crippen molar-refractivity contribution < 1.29 is 24.5 Å². The zero-order valence-corrected chi connectivity index (χ0v) is 21.3. The molecule has 0 spiro atoms. The number of nitrogens with zero attached hydrogens (tertiary/aromatic N) is 4. The Hall–Kier alpha value is -3.63. The van der Waals surface area contributed by atoms with Crippen LogP contribution in [0.25, 0.3) is 10.4 Å². The van der Waals surface area contributed by atoms with Gasteiger partial charge in [-0.25, -0.2) is 10.4 Å². The summed E-state index contributed by atoms with van der Waals surface area (Å²) in [4.78, 5) is 21.2. The highest BCUT2D eigenvalue weighted by Crippen LogP contribution is 2.31. The summed E-state index contributed by atoms with van der Waals surface area (Å²) in [5.41, 5.74) is 14.2. The largest absolute Gasteiger partial charge is 0.494 e. The number of aliphatic hydroxyl groups is 2. The van der Waals surface area contributed by atoms with Crippen LogP contribution >= 0.6 is 0 Å². The van der Waals surface area contributed by atoms with Crippen LogP contribution in [0.15, 0.2) is 58.6 Å². The smallest absolute Gasteiger partial charge is 0.266 e. The van der Waals surface area contributed by atoms with Crippen LogP contribution in [0.5, 0.6) is 5.75 Å². The highest BCUT2D eigenvalue weighted by atomic mass is 16.5. The van der Waals surface area contributed by atoms with Crippen LogP contribution in [0.2, 0.25) is 0 Å². The second kappa shape index (κ2) is 12.7. The molecular formula is C27H34N6O5. The Morgan fingerprint density at radius 1 is 1.16 bits per heavy atom. The lowest BCUT2D eigenvalue weighted by molar-refractivity contribution is -0.128. The standard InChI is InChI=1S/C27H34N6O5/c28-33-31-23-8-3-2-7-21(23)17-27(25(35)32-29-18-26(36)13-4-1-5-14-26)19-38-24(30-27)20-9-11-22(12-10-20)37-16-6-15-34/h2-3,7-12,29,34,36H,1,4-6,13-19H2,(H,32,35)/t27-/m0/s1. The van der Waals surface area contributed by atoms with Crippen molar-refractivity contribution in [3.63, 3.8) is 0 Å². The van der Waals surface area contributed by atoms with Gasteiger partial charge < -0.3 is 19.7 Å². The lowest BCUT2D eigenvalue weighted by atomic mass is 9.85. The number of hydrogen-bond donors (Lipinski definition) is 4. The molecule has 0 aromatic heterocycles. The van der Waals surface area contributed by atoms with Crippen LogP contribution in [0.3, 0.4) is 0 Å². The van der Waals surface area contributed by atoms with E-state index in [0.29, 0.717) is 54.3 Å². The zero-order chi connectivity index (χ0) is 26.8. The van der Waals surface area contributed by atoms with Gasteiger partial charge >= 0.3 is 0 Å². The fourth-order valence-electron chi connectivity index (χ4n) is 4.74. The molecule has 2 aromatic carbocycles. The molecule has 1 heterocycles. The lowest BCUT2D eigenvalue weighted by Gasteiger charge is -2.32. The summed E-state index contributed by atoms with van der Waals surface area (Å²) in [5, 5.41) is 23.5. The highest BCUT2D eigenvalue weighted by Gasteiger charge is 2.45. The maximum atomic E-state index is 13.6. The van der Waals surface area contributed by atoms with E-state index < -0.39 is 17.0 Å². The van der Waals surface area contributed by atoms with Crippen molar-refractivity contribution in [2.24, 2.45) is 10.1 Å². The molecule has 1 fully saturated rings. The predicted octanol–water partition coefficient (Wildman–Crippen LogP) is 3.46. The molecule has 1 atom stereocenters. The molecule has 1 saturated carbocycles. The van der Waals surface area contributed by atoms with Crippen molar-refractivity contribution in [3.05, 3.63) is 70.1 Å². The number of benzene rings is 2. The minimum absolute atomic E-state index is 0.0144. The average molecular weight is 523 g/mol. The van der Waals surface area contributed by atoms with E-state index in [-0.39, 0.29) is 26.2 Å². The number of carbonyl (C=O) groups excluding carboxylic acids is 1. The summed E-state index contributed by atoms with van der Waals surface area (Å²) in [6.07, 6.45) is 5.08. The molecule has 1 aliphatic carbocycles. The molecule has 11 nitrogen and oxygen atoms in total. The summed E-state index contributed by atoms with van der Waals surface area (Å²) in [5.74, 6) is 0.554. The van der Waals surface area contributed by atoms with E-state index in [1.54, 1.807) is 42.5 Å². The second-order valence-electron chi connectivity index (χ2n) is 9.77. The summed E-state index contributed by atoms with van der Waals surface area (Å²) in [6, 6.07) is 14.2. The van der Waals surface area contributed by atoms with Gasteiger partial charge in [0.05, 0.1) is 12.2 Å². The van der Waals surface area contributed by atoms with E-state index in [9.17, 15) is 9.90 Å². The fraction of sp³-hybridized carbons (Fsp3) is 0.481. The van der Waals surface area contributed by atoms with Gasteiger partial charge in [0.25, 0.3) is 5.91 Å². The first-order valence-electron chi connectivity index (χ1n) is 12.9. The third kappa shape index (κ3) is 6.81. The quantitative estimate of drug-likeness (QED) is 0.110. The predicted molar refractivity (Wildman–Crippen MR) is 142 cm³/mol. The Morgan fingerprint density at radius 2 is 1.92 bits per heavy atom. The molecule has 38 heavy (non-hydrogen) atoms. The van der Waals surface area contributed by atoms with Crippen molar-refractivity contribution in [2.75, 3.05) is 26.4 Å². The highest BCUT2D eigenvalue weighted by molar-refractivity contribution is 6.00. The van der Waals surface area contributed by atoms with Crippen LogP contribution in [-0.2, 0) is 16.0 Å². The first-order chi connectivity index (χ1) is 18.5. The van der Waals surface area contributed by atoms with E-state index in [1.165, 1.54) is 0 Å². The number of aliphatic imine (C=N–C) groups is 1. The van der Waals surface area contributed by atoms with Crippen LogP contribution in [-0.4, -0.2) is 59.5 Å².